The molecule has 0 unspecified atom stereocenters. The molecule has 3 nitrogen and oxygen atoms in total. The van der Waals surface area contributed by atoms with Gasteiger partial charge in [0, 0.05) is 12.6 Å². The Morgan fingerprint density at radius 1 is 1.50 bits per heavy atom. The molecule has 18 heavy (non-hydrogen) atoms. The van der Waals surface area contributed by atoms with Crippen LogP contribution in [0.5, 0.6) is 0 Å². The predicted molar refractivity (Wildman–Crippen MR) is 74.1 cm³/mol. The van der Waals surface area contributed by atoms with E-state index in [9.17, 15) is 9.90 Å². The Balaban J connectivity index is 2.17. The zero-order valence-electron chi connectivity index (χ0n) is 10.9. The van der Waals surface area contributed by atoms with Crippen LogP contribution < -0.4 is 0 Å². The van der Waals surface area contributed by atoms with E-state index >= 15 is 0 Å². The van der Waals surface area contributed by atoms with Crippen LogP contribution >= 0.6 is 11.3 Å². The number of carbonyl (C=O) groups is 1. The smallest absolute Gasteiger partial charge is 0.264 e. The van der Waals surface area contributed by atoms with Gasteiger partial charge in [-0.25, -0.2) is 0 Å². The first kappa shape index (κ1) is 13.6. The minimum Gasteiger partial charge on any atom is -0.395 e. The summed E-state index contributed by atoms with van der Waals surface area (Å²) < 4.78 is 0. The first-order valence-electron chi connectivity index (χ1n) is 6.76. The zero-order chi connectivity index (χ0) is 13.0. The molecule has 1 aromatic heterocycles. The van der Waals surface area contributed by atoms with Crippen molar-refractivity contribution in [2.24, 2.45) is 0 Å². The summed E-state index contributed by atoms with van der Waals surface area (Å²) in [4.78, 5) is 15.3. The SMILES string of the molecule is CCc1ccsc1C(=O)N(CCO)C1CCCC1. The van der Waals surface area contributed by atoms with Crippen molar-refractivity contribution in [2.45, 2.75) is 45.1 Å². The van der Waals surface area contributed by atoms with Crippen LogP contribution in [-0.4, -0.2) is 35.1 Å². The molecule has 1 amide bonds. The van der Waals surface area contributed by atoms with Gasteiger partial charge >= 0.3 is 0 Å². The molecule has 2 rings (SSSR count). The summed E-state index contributed by atoms with van der Waals surface area (Å²) in [6.07, 6.45) is 5.45. The first-order valence-corrected chi connectivity index (χ1v) is 7.64. The molecule has 0 aliphatic heterocycles. The molecule has 1 saturated carbocycles. The van der Waals surface area contributed by atoms with Gasteiger partial charge < -0.3 is 10.0 Å². The summed E-state index contributed by atoms with van der Waals surface area (Å²) in [5.41, 5.74) is 1.13. The second-order valence-corrected chi connectivity index (χ2v) is 5.71. The van der Waals surface area contributed by atoms with Gasteiger partial charge in [-0.05, 0) is 36.3 Å². The third-order valence-corrected chi connectivity index (χ3v) is 4.63. The lowest BCUT2D eigenvalue weighted by atomic mass is 10.1. The second-order valence-electron chi connectivity index (χ2n) is 4.79. The van der Waals surface area contributed by atoms with E-state index in [4.69, 9.17) is 0 Å². The van der Waals surface area contributed by atoms with Gasteiger partial charge in [0.05, 0.1) is 11.5 Å². The number of carbonyl (C=O) groups excluding carboxylic acids is 1. The number of hydrogen-bond donors (Lipinski definition) is 1. The Kier molecular flexibility index (Phi) is 4.78. The highest BCUT2D eigenvalue weighted by atomic mass is 32.1. The van der Waals surface area contributed by atoms with Gasteiger partial charge in [-0.1, -0.05) is 19.8 Å². The second kappa shape index (κ2) is 6.34. The summed E-state index contributed by atoms with van der Waals surface area (Å²) in [5.74, 6) is 0.114. The molecular weight excluding hydrogens is 246 g/mol. The van der Waals surface area contributed by atoms with Crippen molar-refractivity contribution in [2.75, 3.05) is 13.2 Å². The molecule has 1 N–H and O–H groups in total. The van der Waals surface area contributed by atoms with Crippen LogP contribution in [0.3, 0.4) is 0 Å². The number of nitrogens with zero attached hydrogens (tertiary/aromatic N) is 1. The molecule has 0 aromatic carbocycles. The Bertz CT molecular complexity index is 396. The van der Waals surface area contributed by atoms with E-state index in [2.05, 4.69) is 6.92 Å². The Morgan fingerprint density at radius 3 is 2.83 bits per heavy atom. The number of thiophene rings is 1. The monoisotopic (exact) mass is 267 g/mol. The molecule has 0 radical (unpaired) electrons. The van der Waals surface area contributed by atoms with Crippen molar-refractivity contribution in [3.63, 3.8) is 0 Å². The maximum Gasteiger partial charge on any atom is 0.264 e. The van der Waals surface area contributed by atoms with Crippen LogP contribution in [0, 0.1) is 0 Å². The zero-order valence-corrected chi connectivity index (χ0v) is 11.7. The van der Waals surface area contributed by atoms with E-state index in [0.717, 1.165) is 29.7 Å². The van der Waals surface area contributed by atoms with Crippen molar-refractivity contribution in [3.8, 4) is 0 Å². The maximum absolute atomic E-state index is 12.6. The molecular formula is C14H21NO2S. The Morgan fingerprint density at radius 2 is 2.22 bits per heavy atom. The van der Waals surface area contributed by atoms with Crippen molar-refractivity contribution in [1.29, 1.82) is 0 Å². The lowest BCUT2D eigenvalue weighted by molar-refractivity contribution is 0.0642. The van der Waals surface area contributed by atoms with Gasteiger partial charge in [0.25, 0.3) is 5.91 Å². The average molecular weight is 267 g/mol. The average Bonchev–Trinajstić information content (AvgIpc) is 3.05. The molecule has 0 bridgehead atoms. The lowest BCUT2D eigenvalue weighted by Crippen LogP contribution is -2.40. The molecule has 1 aliphatic carbocycles. The van der Waals surface area contributed by atoms with Crippen molar-refractivity contribution < 1.29 is 9.90 Å². The predicted octanol–water partition coefficient (Wildman–Crippen LogP) is 2.69. The molecule has 0 atom stereocenters. The van der Waals surface area contributed by atoms with Gasteiger partial charge in [-0.2, -0.15) is 0 Å². The highest BCUT2D eigenvalue weighted by Crippen LogP contribution is 2.27. The topological polar surface area (TPSA) is 40.5 Å². The van der Waals surface area contributed by atoms with Crippen molar-refractivity contribution in [3.05, 3.63) is 21.9 Å². The van der Waals surface area contributed by atoms with Gasteiger partial charge in [0.2, 0.25) is 0 Å². The van der Waals surface area contributed by atoms with Crippen LogP contribution in [0.25, 0.3) is 0 Å². The number of rotatable bonds is 5. The third kappa shape index (κ3) is 2.75. The number of hydrogen-bond acceptors (Lipinski definition) is 3. The Hall–Kier alpha value is -0.870. The van der Waals surface area contributed by atoms with E-state index < -0.39 is 0 Å². The number of aliphatic hydroxyl groups is 1. The number of aryl methyl sites for hydroxylation is 1. The summed E-state index contributed by atoms with van der Waals surface area (Å²) in [6.45, 7) is 2.59. The summed E-state index contributed by atoms with van der Waals surface area (Å²) in [6, 6.07) is 2.36. The molecule has 1 fully saturated rings. The molecule has 1 aliphatic rings. The molecule has 1 heterocycles. The minimum atomic E-state index is 0.0507. The van der Waals surface area contributed by atoms with Crippen molar-refractivity contribution >= 4 is 17.2 Å². The quantitative estimate of drug-likeness (QED) is 0.891. The fourth-order valence-corrected chi connectivity index (χ4v) is 3.66. The maximum atomic E-state index is 12.6. The third-order valence-electron chi connectivity index (χ3n) is 3.69. The van der Waals surface area contributed by atoms with Gasteiger partial charge in [-0.15, -0.1) is 11.3 Å². The Labute approximate surface area is 112 Å². The molecule has 0 saturated heterocycles. The molecule has 1 aromatic rings. The van der Waals surface area contributed by atoms with Gasteiger partial charge in [0.1, 0.15) is 0 Å². The summed E-state index contributed by atoms with van der Waals surface area (Å²) in [5, 5.41) is 11.2. The molecule has 0 spiro atoms. The first-order chi connectivity index (χ1) is 8.77. The fraction of sp³-hybridized carbons (Fsp3) is 0.643. The van der Waals surface area contributed by atoms with Gasteiger partial charge in [0.15, 0.2) is 0 Å². The highest BCUT2D eigenvalue weighted by Gasteiger charge is 2.28. The molecule has 100 valence electrons. The van der Waals surface area contributed by atoms with Crippen LogP contribution in [0.15, 0.2) is 11.4 Å². The number of aliphatic hydroxyl groups excluding tert-OH is 1. The van der Waals surface area contributed by atoms with E-state index in [1.54, 1.807) is 0 Å². The van der Waals surface area contributed by atoms with Crippen LogP contribution in [0.1, 0.15) is 47.8 Å². The summed E-state index contributed by atoms with van der Waals surface area (Å²) in [7, 11) is 0. The van der Waals surface area contributed by atoms with Crippen LogP contribution in [0.2, 0.25) is 0 Å². The number of amides is 1. The highest BCUT2D eigenvalue weighted by molar-refractivity contribution is 7.12. The van der Waals surface area contributed by atoms with Gasteiger partial charge in [-0.3, -0.25) is 4.79 Å². The summed E-state index contributed by atoms with van der Waals surface area (Å²) >= 11 is 1.52. The lowest BCUT2D eigenvalue weighted by Gasteiger charge is -2.28. The molecule has 4 heteroatoms. The van der Waals surface area contributed by atoms with E-state index in [1.807, 2.05) is 16.3 Å². The van der Waals surface area contributed by atoms with E-state index in [-0.39, 0.29) is 12.5 Å². The van der Waals surface area contributed by atoms with Crippen LogP contribution in [-0.2, 0) is 6.42 Å². The standard InChI is InChI=1S/C14H21NO2S/c1-2-11-7-10-18-13(11)14(17)15(8-9-16)12-5-3-4-6-12/h7,10,12,16H,2-6,8-9H2,1H3. The minimum absolute atomic E-state index is 0.0507. The van der Waals surface area contributed by atoms with Crippen LogP contribution in [0.4, 0.5) is 0 Å². The van der Waals surface area contributed by atoms with Crippen molar-refractivity contribution in [1.82, 2.24) is 4.90 Å². The fourth-order valence-electron chi connectivity index (χ4n) is 2.71. The largest absolute Gasteiger partial charge is 0.395 e. The van der Waals surface area contributed by atoms with E-state index in [0.29, 0.717) is 12.6 Å². The van der Waals surface area contributed by atoms with E-state index in [1.165, 1.54) is 24.2 Å². The normalized spacial score (nSPS) is 16.1.